The Hall–Kier alpha value is -3.05. The van der Waals surface area contributed by atoms with Crippen molar-refractivity contribution in [2.75, 3.05) is 5.75 Å². The first kappa shape index (κ1) is 19.3. The number of thioether (sulfide) groups is 1. The Morgan fingerprint density at radius 2 is 2.03 bits per heavy atom. The largest absolute Gasteiger partial charge is 0.469 e. The molecule has 148 valence electrons. The monoisotopic (exact) mass is 407 g/mol. The second kappa shape index (κ2) is 8.13. The average molecular weight is 407 g/mol. The number of nitrogens with one attached hydrogen (secondary N) is 1. The average Bonchev–Trinajstić information content (AvgIpc) is 3.47. The lowest BCUT2D eigenvalue weighted by Gasteiger charge is -2.21. The van der Waals surface area contributed by atoms with Gasteiger partial charge in [-0.05, 0) is 50.8 Å². The minimum Gasteiger partial charge on any atom is -0.469 e. The third kappa shape index (κ3) is 3.91. The van der Waals surface area contributed by atoms with Crippen LogP contribution in [0.5, 0.6) is 0 Å². The summed E-state index contributed by atoms with van der Waals surface area (Å²) in [5.74, 6) is 1.41. The molecule has 29 heavy (non-hydrogen) atoms. The van der Waals surface area contributed by atoms with Gasteiger partial charge in [0.2, 0.25) is 5.91 Å². The van der Waals surface area contributed by atoms with E-state index in [0.717, 1.165) is 29.9 Å². The predicted molar refractivity (Wildman–Crippen MR) is 109 cm³/mol. The lowest BCUT2D eigenvalue weighted by atomic mass is 10.0. The normalized spacial score (nSPS) is 15.2. The van der Waals surface area contributed by atoms with Crippen molar-refractivity contribution in [2.45, 2.75) is 43.3 Å². The summed E-state index contributed by atoms with van der Waals surface area (Å²) in [6.07, 6.45) is 4.99. The molecule has 1 N–H and O–H groups in total. The number of carbonyl (C=O) groups excluding carboxylic acids is 1. The Balaban J connectivity index is 1.58. The van der Waals surface area contributed by atoms with Crippen LogP contribution in [0.1, 0.15) is 31.4 Å². The fourth-order valence-electron chi connectivity index (χ4n) is 3.64. The quantitative estimate of drug-likeness (QED) is 0.623. The van der Waals surface area contributed by atoms with Crippen LogP contribution in [0.4, 0.5) is 0 Å². The number of hydrogen-bond donors (Lipinski definition) is 1. The van der Waals surface area contributed by atoms with Gasteiger partial charge in [-0.25, -0.2) is 0 Å². The maximum Gasteiger partial charge on any atom is 0.231 e. The van der Waals surface area contributed by atoms with Gasteiger partial charge in [0.05, 0.1) is 23.6 Å². The summed E-state index contributed by atoms with van der Waals surface area (Å²) in [5, 5.41) is 21.7. The van der Waals surface area contributed by atoms with Crippen molar-refractivity contribution >= 4 is 17.7 Å². The first-order chi connectivity index (χ1) is 14.1. The molecule has 1 amide bonds. The van der Waals surface area contributed by atoms with Crippen molar-refractivity contribution in [1.82, 2.24) is 20.1 Å². The molecule has 2 aromatic heterocycles. The highest BCUT2D eigenvalue weighted by molar-refractivity contribution is 7.99. The highest BCUT2D eigenvalue weighted by Gasteiger charge is 2.35. The molecule has 0 spiro atoms. The van der Waals surface area contributed by atoms with Crippen LogP contribution in [0, 0.1) is 18.3 Å². The second-order valence-electron chi connectivity index (χ2n) is 7.11. The van der Waals surface area contributed by atoms with Gasteiger partial charge in [0, 0.05) is 5.69 Å². The van der Waals surface area contributed by atoms with Crippen LogP contribution in [-0.4, -0.2) is 32.0 Å². The summed E-state index contributed by atoms with van der Waals surface area (Å²) in [5.41, 5.74) is 1.04. The van der Waals surface area contributed by atoms with Crippen molar-refractivity contribution in [3.63, 3.8) is 0 Å². The van der Waals surface area contributed by atoms with Crippen molar-refractivity contribution in [3.8, 4) is 23.1 Å². The molecule has 1 aliphatic carbocycles. The van der Waals surface area contributed by atoms with E-state index in [0.29, 0.717) is 23.8 Å². The van der Waals surface area contributed by atoms with Crippen LogP contribution in [0.25, 0.3) is 17.1 Å². The number of amides is 1. The van der Waals surface area contributed by atoms with Gasteiger partial charge in [0.25, 0.3) is 0 Å². The standard InChI is InChI=1S/C21H21N5O2S/c1-15-17(9-12-28-15)19-24-25-20(26(19)16-7-3-2-4-8-16)29-13-18(27)23-21(14-22)10-5-6-11-21/h2-4,7-9,12H,5-6,10-11,13H2,1H3,(H,23,27). The van der Waals surface area contributed by atoms with E-state index in [1.54, 1.807) is 6.26 Å². The van der Waals surface area contributed by atoms with Gasteiger partial charge in [-0.15, -0.1) is 10.2 Å². The minimum absolute atomic E-state index is 0.165. The van der Waals surface area contributed by atoms with Gasteiger partial charge in [0.15, 0.2) is 11.0 Å². The van der Waals surface area contributed by atoms with Gasteiger partial charge in [-0.2, -0.15) is 5.26 Å². The van der Waals surface area contributed by atoms with Crippen LogP contribution in [0.2, 0.25) is 0 Å². The summed E-state index contributed by atoms with van der Waals surface area (Å²) in [4.78, 5) is 12.5. The Morgan fingerprint density at radius 3 is 2.69 bits per heavy atom. The van der Waals surface area contributed by atoms with Crippen LogP contribution >= 0.6 is 11.8 Å². The van der Waals surface area contributed by atoms with E-state index >= 15 is 0 Å². The Labute approximate surface area is 173 Å². The Kier molecular flexibility index (Phi) is 5.41. The van der Waals surface area contributed by atoms with Gasteiger partial charge < -0.3 is 9.73 Å². The maximum atomic E-state index is 12.5. The van der Waals surface area contributed by atoms with E-state index in [9.17, 15) is 10.1 Å². The fourth-order valence-corrected chi connectivity index (χ4v) is 4.39. The van der Waals surface area contributed by atoms with E-state index < -0.39 is 5.54 Å². The van der Waals surface area contributed by atoms with E-state index in [2.05, 4.69) is 21.6 Å². The molecule has 1 saturated carbocycles. The number of aryl methyl sites for hydroxylation is 1. The van der Waals surface area contributed by atoms with E-state index in [-0.39, 0.29) is 11.7 Å². The second-order valence-corrected chi connectivity index (χ2v) is 8.05. The number of nitriles is 1. The molecule has 2 heterocycles. The van der Waals surface area contributed by atoms with Gasteiger partial charge >= 0.3 is 0 Å². The third-order valence-corrected chi connectivity index (χ3v) is 6.06. The molecule has 3 aromatic rings. The third-order valence-electron chi connectivity index (χ3n) is 5.13. The molecule has 1 fully saturated rings. The lowest BCUT2D eigenvalue weighted by molar-refractivity contribution is -0.119. The number of para-hydroxylation sites is 1. The zero-order chi connectivity index (χ0) is 20.3. The maximum absolute atomic E-state index is 12.5. The smallest absolute Gasteiger partial charge is 0.231 e. The van der Waals surface area contributed by atoms with Crippen LogP contribution < -0.4 is 5.32 Å². The topological polar surface area (TPSA) is 96.7 Å². The van der Waals surface area contributed by atoms with Gasteiger partial charge in [-0.3, -0.25) is 9.36 Å². The number of furan rings is 1. The molecular formula is C21H21N5O2S. The first-order valence-corrected chi connectivity index (χ1v) is 10.5. The summed E-state index contributed by atoms with van der Waals surface area (Å²) in [7, 11) is 0. The number of aromatic nitrogens is 3. The molecule has 0 unspecified atom stereocenters. The summed E-state index contributed by atoms with van der Waals surface area (Å²) >= 11 is 1.30. The van der Waals surface area contributed by atoms with E-state index in [4.69, 9.17) is 4.42 Å². The van der Waals surface area contributed by atoms with Gasteiger partial charge in [-0.1, -0.05) is 30.0 Å². The van der Waals surface area contributed by atoms with Gasteiger partial charge in [0.1, 0.15) is 11.3 Å². The van der Waals surface area contributed by atoms with Crippen LogP contribution in [0.15, 0.2) is 52.2 Å². The van der Waals surface area contributed by atoms with Crippen molar-refractivity contribution in [3.05, 3.63) is 48.4 Å². The van der Waals surface area contributed by atoms with Crippen molar-refractivity contribution < 1.29 is 9.21 Å². The molecular weight excluding hydrogens is 386 g/mol. The molecule has 8 heteroatoms. The van der Waals surface area contributed by atoms with E-state index in [1.165, 1.54) is 11.8 Å². The number of nitrogens with zero attached hydrogens (tertiary/aromatic N) is 4. The summed E-state index contributed by atoms with van der Waals surface area (Å²) in [6, 6.07) is 13.9. The fraction of sp³-hybridized carbons (Fsp3) is 0.333. The molecule has 0 bridgehead atoms. The Bertz CT molecular complexity index is 1040. The first-order valence-electron chi connectivity index (χ1n) is 9.52. The molecule has 0 atom stereocenters. The summed E-state index contributed by atoms with van der Waals surface area (Å²) < 4.78 is 7.35. The van der Waals surface area contributed by atoms with Crippen molar-refractivity contribution in [1.29, 1.82) is 5.26 Å². The Morgan fingerprint density at radius 1 is 1.28 bits per heavy atom. The molecule has 7 nitrogen and oxygen atoms in total. The molecule has 4 rings (SSSR count). The molecule has 0 saturated heterocycles. The number of hydrogen-bond acceptors (Lipinski definition) is 6. The molecule has 0 aliphatic heterocycles. The van der Waals surface area contributed by atoms with Crippen LogP contribution in [-0.2, 0) is 4.79 Å². The molecule has 1 aromatic carbocycles. The zero-order valence-electron chi connectivity index (χ0n) is 16.1. The molecule has 1 aliphatic rings. The highest BCUT2D eigenvalue weighted by Crippen LogP contribution is 2.31. The van der Waals surface area contributed by atoms with E-state index in [1.807, 2.05) is 47.9 Å². The summed E-state index contributed by atoms with van der Waals surface area (Å²) in [6.45, 7) is 1.88. The lowest BCUT2D eigenvalue weighted by Crippen LogP contribution is -2.45. The predicted octanol–water partition coefficient (Wildman–Crippen LogP) is 3.88. The minimum atomic E-state index is -0.718. The van der Waals surface area contributed by atoms with Crippen LogP contribution in [0.3, 0.4) is 0 Å². The number of rotatable bonds is 6. The zero-order valence-corrected chi connectivity index (χ0v) is 16.9. The number of carbonyl (C=O) groups is 1. The SMILES string of the molecule is Cc1occc1-c1nnc(SCC(=O)NC2(C#N)CCCC2)n1-c1ccccc1. The number of benzene rings is 1. The highest BCUT2D eigenvalue weighted by atomic mass is 32.2. The van der Waals surface area contributed by atoms with Crippen molar-refractivity contribution in [2.24, 2.45) is 0 Å². The molecule has 0 radical (unpaired) electrons.